The van der Waals surface area contributed by atoms with Gasteiger partial charge in [-0.3, -0.25) is 4.79 Å². The predicted molar refractivity (Wildman–Crippen MR) is 107 cm³/mol. The highest BCUT2D eigenvalue weighted by molar-refractivity contribution is 7.80. The van der Waals surface area contributed by atoms with Crippen LogP contribution < -0.4 is 0 Å². The van der Waals surface area contributed by atoms with Gasteiger partial charge >= 0.3 is 18.2 Å². The zero-order chi connectivity index (χ0) is 19.8. The van der Waals surface area contributed by atoms with E-state index in [4.69, 9.17) is 26.4 Å². The second-order valence-electron chi connectivity index (χ2n) is 6.73. The molecule has 6 heteroatoms. The molecular formula is C20H36O5S. The van der Waals surface area contributed by atoms with Crippen LogP contribution >= 0.6 is 12.2 Å². The third-order valence-corrected chi connectivity index (χ3v) is 4.18. The Hall–Kier alpha value is -1.17. The highest BCUT2D eigenvalue weighted by atomic mass is 32.1. The molecule has 0 aromatic heterocycles. The molecule has 0 fully saturated rings. The standard InChI is InChI=1S/C20H36O5S/c1-5-7-8-9-10-11-12-13-14-15-17(21)24-20(25-18(26)6-2)19(22)23-16(3)4/h16,20H,5-15H2,1-4H3. The molecule has 0 aliphatic rings. The van der Waals surface area contributed by atoms with Gasteiger partial charge in [-0.25, -0.2) is 4.79 Å². The molecule has 0 saturated carbocycles. The Morgan fingerprint density at radius 2 is 1.35 bits per heavy atom. The van der Waals surface area contributed by atoms with E-state index in [1.54, 1.807) is 20.8 Å². The molecule has 26 heavy (non-hydrogen) atoms. The van der Waals surface area contributed by atoms with Crippen LogP contribution in [0.5, 0.6) is 0 Å². The topological polar surface area (TPSA) is 61.8 Å². The summed E-state index contributed by atoms with van der Waals surface area (Å²) in [5, 5.41) is 0.214. The van der Waals surface area contributed by atoms with E-state index in [9.17, 15) is 9.59 Å². The number of hydrogen-bond acceptors (Lipinski definition) is 6. The highest BCUT2D eigenvalue weighted by Crippen LogP contribution is 2.12. The Bertz CT molecular complexity index is 409. The first-order chi connectivity index (χ1) is 12.4. The van der Waals surface area contributed by atoms with Crippen LogP contribution in [0.2, 0.25) is 0 Å². The number of hydrogen-bond donors (Lipinski definition) is 0. The minimum absolute atomic E-state index is 0.214. The molecule has 0 N–H and O–H groups in total. The van der Waals surface area contributed by atoms with Gasteiger partial charge in [0.25, 0.3) is 0 Å². The highest BCUT2D eigenvalue weighted by Gasteiger charge is 2.27. The molecule has 0 radical (unpaired) electrons. The fourth-order valence-corrected chi connectivity index (χ4v) is 2.46. The number of unbranched alkanes of at least 4 members (excludes halogenated alkanes) is 8. The van der Waals surface area contributed by atoms with Crippen molar-refractivity contribution in [2.24, 2.45) is 0 Å². The quantitative estimate of drug-likeness (QED) is 0.160. The van der Waals surface area contributed by atoms with Crippen LogP contribution in [0.3, 0.4) is 0 Å². The molecule has 1 unspecified atom stereocenters. The van der Waals surface area contributed by atoms with Gasteiger partial charge in [0.15, 0.2) is 5.05 Å². The first kappa shape index (κ1) is 24.8. The summed E-state index contributed by atoms with van der Waals surface area (Å²) in [4.78, 5) is 23.9. The fourth-order valence-electron chi connectivity index (χ4n) is 2.37. The Morgan fingerprint density at radius 1 is 0.808 bits per heavy atom. The van der Waals surface area contributed by atoms with Gasteiger partial charge in [0, 0.05) is 12.8 Å². The van der Waals surface area contributed by atoms with Crippen molar-refractivity contribution in [3.05, 3.63) is 0 Å². The summed E-state index contributed by atoms with van der Waals surface area (Å²) < 4.78 is 15.4. The van der Waals surface area contributed by atoms with E-state index in [0.29, 0.717) is 6.42 Å². The monoisotopic (exact) mass is 388 g/mol. The molecule has 1 atom stereocenters. The van der Waals surface area contributed by atoms with Gasteiger partial charge in [-0.15, -0.1) is 0 Å². The normalized spacial score (nSPS) is 11.9. The third kappa shape index (κ3) is 14.0. The van der Waals surface area contributed by atoms with Crippen molar-refractivity contribution in [2.75, 3.05) is 0 Å². The van der Waals surface area contributed by atoms with Crippen LogP contribution in [0, 0.1) is 0 Å². The third-order valence-electron chi connectivity index (χ3n) is 3.79. The van der Waals surface area contributed by atoms with E-state index < -0.39 is 18.2 Å². The predicted octanol–water partition coefficient (Wildman–Crippen LogP) is 5.48. The SMILES string of the molecule is CCCCCCCCCCCC(=O)OC(OC(=S)CC)C(=O)OC(C)C. The van der Waals surface area contributed by atoms with Crippen molar-refractivity contribution < 1.29 is 23.8 Å². The lowest BCUT2D eigenvalue weighted by Gasteiger charge is -2.19. The fraction of sp³-hybridized carbons (Fsp3) is 0.850. The molecule has 152 valence electrons. The molecule has 0 aromatic carbocycles. The summed E-state index contributed by atoms with van der Waals surface area (Å²) in [5.41, 5.74) is 0. The van der Waals surface area contributed by atoms with E-state index in [-0.39, 0.29) is 17.6 Å². The van der Waals surface area contributed by atoms with Crippen LogP contribution in [0.4, 0.5) is 0 Å². The van der Waals surface area contributed by atoms with Crippen molar-refractivity contribution in [3.8, 4) is 0 Å². The van der Waals surface area contributed by atoms with Crippen LogP contribution in [0.1, 0.15) is 98.3 Å². The van der Waals surface area contributed by atoms with E-state index in [0.717, 1.165) is 19.3 Å². The van der Waals surface area contributed by atoms with Crippen molar-refractivity contribution in [1.82, 2.24) is 0 Å². The minimum Gasteiger partial charge on any atom is -0.457 e. The lowest BCUT2D eigenvalue weighted by atomic mass is 10.1. The van der Waals surface area contributed by atoms with E-state index in [2.05, 4.69) is 6.92 Å². The lowest BCUT2D eigenvalue weighted by Crippen LogP contribution is -2.34. The van der Waals surface area contributed by atoms with Crippen LogP contribution in [0.15, 0.2) is 0 Å². The molecule has 0 amide bonds. The zero-order valence-electron chi connectivity index (χ0n) is 16.9. The molecule has 0 aromatic rings. The van der Waals surface area contributed by atoms with E-state index in [1.807, 2.05) is 0 Å². The van der Waals surface area contributed by atoms with Crippen LogP contribution in [-0.2, 0) is 23.8 Å². The average molecular weight is 389 g/mol. The largest absolute Gasteiger partial charge is 0.457 e. The van der Waals surface area contributed by atoms with Gasteiger partial charge in [-0.05, 0) is 32.5 Å². The lowest BCUT2D eigenvalue weighted by molar-refractivity contribution is -0.191. The summed E-state index contributed by atoms with van der Waals surface area (Å²) in [6.07, 6.45) is 9.50. The van der Waals surface area contributed by atoms with Gasteiger partial charge < -0.3 is 14.2 Å². The van der Waals surface area contributed by atoms with Gasteiger partial charge in [0.05, 0.1) is 6.10 Å². The Balaban J connectivity index is 4.05. The molecule has 0 aliphatic carbocycles. The summed E-state index contributed by atoms with van der Waals surface area (Å²) in [6.45, 7) is 7.46. The summed E-state index contributed by atoms with van der Waals surface area (Å²) in [7, 11) is 0. The van der Waals surface area contributed by atoms with Crippen molar-refractivity contribution >= 4 is 29.2 Å². The molecule has 0 bridgehead atoms. The Morgan fingerprint density at radius 3 is 1.85 bits per heavy atom. The molecule has 0 rings (SSSR count). The summed E-state index contributed by atoms with van der Waals surface area (Å²) in [5.74, 6) is -1.19. The van der Waals surface area contributed by atoms with Gasteiger partial charge in [0.1, 0.15) is 0 Å². The Kier molecular flexibility index (Phi) is 15.3. The summed E-state index contributed by atoms with van der Waals surface area (Å²) >= 11 is 4.97. The van der Waals surface area contributed by atoms with Crippen molar-refractivity contribution in [1.29, 1.82) is 0 Å². The number of carbonyl (C=O) groups excluding carboxylic acids is 2. The zero-order valence-corrected chi connectivity index (χ0v) is 17.7. The summed E-state index contributed by atoms with van der Waals surface area (Å²) in [6, 6.07) is 0. The van der Waals surface area contributed by atoms with Crippen molar-refractivity contribution in [3.63, 3.8) is 0 Å². The molecule has 0 spiro atoms. The smallest absolute Gasteiger partial charge is 0.389 e. The van der Waals surface area contributed by atoms with Gasteiger partial charge in [-0.2, -0.15) is 0 Å². The number of esters is 2. The van der Waals surface area contributed by atoms with Gasteiger partial charge in [-0.1, -0.05) is 65.2 Å². The maximum atomic E-state index is 12.0. The minimum atomic E-state index is -1.41. The second-order valence-corrected chi connectivity index (χ2v) is 7.18. The first-order valence-electron chi connectivity index (χ1n) is 10.00. The first-order valence-corrected chi connectivity index (χ1v) is 10.4. The molecule has 0 saturated heterocycles. The number of thiocarbonyl (C=S) groups is 1. The van der Waals surface area contributed by atoms with Crippen LogP contribution in [-0.4, -0.2) is 29.4 Å². The van der Waals surface area contributed by atoms with Crippen LogP contribution in [0.25, 0.3) is 0 Å². The molecular weight excluding hydrogens is 352 g/mol. The number of rotatable bonds is 15. The maximum absolute atomic E-state index is 12.0. The maximum Gasteiger partial charge on any atom is 0.389 e. The van der Waals surface area contributed by atoms with E-state index >= 15 is 0 Å². The molecule has 0 aliphatic heterocycles. The molecule has 0 heterocycles. The average Bonchev–Trinajstić information content (AvgIpc) is 2.58. The van der Waals surface area contributed by atoms with Crippen molar-refractivity contribution in [2.45, 2.75) is 111 Å². The Labute approximate surface area is 164 Å². The molecule has 5 nitrogen and oxygen atoms in total. The van der Waals surface area contributed by atoms with E-state index in [1.165, 1.54) is 38.5 Å². The van der Waals surface area contributed by atoms with Gasteiger partial charge in [0.2, 0.25) is 0 Å². The second kappa shape index (κ2) is 16.0. The number of ether oxygens (including phenoxy) is 3. The number of carbonyl (C=O) groups is 2.